The number of halogens is 3. The highest BCUT2D eigenvalue weighted by Crippen LogP contribution is 2.28. The van der Waals surface area contributed by atoms with Crippen LogP contribution in [0.15, 0.2) is 18.2 Å². The summed E-state index contributed by atoms with van der Waals surface area (Å²) >= 11 is 0. The number of anilines is 1. The molecule has 0 aromatic carbocycles. The number of alkyl halides is 3. The molecule has 4 nitrogen and oxygen atoms in total. The molecule has 1 aromatic rings. The second-order valence-electron chi connectivity index (χ2n) is 3.91. The molecule has 7 heteroatoms. The fraction of sp³-hybridized carbons (Fsp3) is 0.500. The fourth-order valence-corrected chi connectivity index (χ4v) is 1.10. The van der Waals surface area contributed by atoms with Crippen molar-refractivity contribution in [1.29, 1.82) is 0 Å². The van der Waals surface area contributed by atoms with Crippen molar-refractivity contribution in [3.63, 3.8) is 0 Å². The van der Waals surface area contributed by atoms with Crippen molar-refractivity contribution < 1.29 is 23.4 Å². The molecule has 0 atom stereocenters. The maximum absolute atomic E-state index is 12.4. The summed E-state index contributed by atoms with van der Waals surface area (Å²) in [5.74, 6) is -0.0505. The van der Waals surface area contributed by atoms with Gasteiger partial charge in [-0.15, -0.1) is 0 Å². The zero-order valence-electron chi connectivity index (χ0n) is 9.12. The number of hydrogen-bond donors (Lipinski definition) is 3. The van der Waals surface area contributed by atoms with Gasteiger partial charge in [-0.3, -0.25) is 0 Å². The van der Waals surface area contributed by atoms with Crippen LogP contribution in [0.1, 0.15) is 12.6 Å². The SMILES string of the molecule is CC(CO)(CO)Nc1cccc(C(F)(F)F)n1. The van der Waals surface area contributed by atoms with E-state index >= 15 is 0 Å². The number of rotatable bonds is 4. The monoisotopic (exact) mass is 250 g/mol. The summed E-state index contributed by atoms with van der Waals surface area (Å²) < 4.78 is 37.1. The number of nitrogens with zero attached hydrogens (tertiary/aromatic N) is 1. The van der Waals surface area contributed by atoms with Crippen LogP contribution in [0.3, 0.4) is 0 Å². The number of nitrogens with one attached hydrogen (secondary N) is 1. The molecule has 0 saturated heterocycles. The van der Waals surface area contributed by atoms with E-state index in [0.717, 1.165) is 6.07 Å². The second kappa shape index (κ2) is 4.89. The van der Waals surface area contributed by atoms with E-state index in [4.69, 9.17) is 10.2 Å². The van der Waals surface area contributed by atoms with Gasteiger partial charge in [0.15, 0.2) is 0 Å². The molecule has 0 aliphatic carbocycles. The summed E-state index contributed by atoms with van der Waals surface area (Å²) in [6, 6.07) is 3.38. The topological polar surface area (TPSA) is 65.4 Å². The van der Waals surface area contributed by atoms with Gasteiger partial charge < -0.3 is 15.5 Å². The van der Waals surface area contributed by atoms with Crippen molar-refractivity contribution in [2.24, 2.45) is 0 Å². The summed E-state index contributed by atoms with van der Waals surface area (Å²) in [7, 11) is 0. The highest BCUT2D eigenvalue weighted by molar-refractivity contribution is 5.39. The molecule has 0 aliphatic rings. The molecule has 1 rings (SSSR count). The lowest BCUT2D eigenvalue weighted by Crippen LogP contribution is -2.42. The Morgan fingerprint density at radius 3 is 2.29 bits per heavy atom. The van der Waals surface area contributed by atoms with E-state index < -0.39 is 30.6 Å². The van der Waals surface area contributed by atoms with Crippen molar-refractivity contribution in [1.82, 2.24) is 4.98 Å². The smallest absolute Gasteiger partial charge is 0.394 e. The first kappa shape index (κ1) is 13.7. The molecular weight excluding hydrogens is 237 g/mol. The molecule has 0 unspecified atom stereocenters. The van der Waals surface area contributed by atoms with E-state index in [2.05, 4.69) is 10.3 Å². The van der Waals surface area contributed by atoms with E-state index in [0.29, 0.717) is 0 Å². The quantitative estimate of drug-likeness (QED) is 0.752. The van der Waals surface area contributed by atoms with Crippen LogP contribution in [0.2, 0.25) is 0 Å². The molecule has 0 saturated carbocycles. The van der Waals surface area contributed by atoms with E-state index in [-0.39, 0.29) is 5.82 Å². The first-order valence-electron chi connectivity index (χ1n) is 4.85. The first-order valence-corrected chi connectivity index (χ1v) is 4.85. The van der Waals surface area contributed by atoms with Gasteiger partial charge in [-0.2, -0.15) is 13.2 Å². The Hall–Kier alpha value is -1.34. The van der Waals surface area contributed by atoms with Crippen LogP contribution in [0.25, 0.3) is 0 Å². The van der Waals surface area contributed by atoms with Gasteiger partial charge in [-0.25, -0.2) is 4.98 Å². The van der Waals surface area contributed by atoms with Gasteiger partial charge in [0.2, 0.25) is 0 Å². The van der Waals surface area contributed by atoms with E-state index in [1.807, 2.05) is 0 Å². The molecule has 0 spiro atoms. The van der Waals surface area contributed by atoms with Gasteiger partial charge in [-0.1, -0.05) is 6.07 Å². The largest absolute Gasteiger partial charge is 0.433 e. The minimum Gasteiger partial charge on any atom is -0.394 e. The van der Waals surface area contributed by atoms with Gasteiger partial charge in [-0.05, 0) is 19.1 Å². The zero-order chi connectivity index (χ0) is 13.1. The Kier molecular flexibility index (Phi) is 3.94. The van der Waals surface area contributed by atoms with Crippen molar-refractivity contribution in [2.45, 2.75) is 18.6 Å². The standard InChI is InChI=1S/C10H13F3N2O2/c1-9(5-16,6-17)15-8-4-2-3-7(14-8)10(11,12)13/h2-4,16-17H,5-6H2,1H3,(H,14,15). The minimum atomic E-state index is -4.52. The molecule has 0 radical (unpaired) electrons. The van der Waals surface area contributed by atoms with Crippen molar-refractivity contribution in [3.05, 3.63) is 23.9 Å². The maximum Gasteiger partial charge on any atom is 0.433 e. The summed E-state index contributed by atoms with van der Waals surface area (Å²) in [5.41, 5.74) is -2.14. The van der Waals surface area contributed by atoms with Crippen LogP contribution < -0.4 is 5.32 Å². The lowest BCUT2D eigenvalue weighted by molar-refractivity contribution is -0.141. The molecule has 0 bridgehead atoms. The van der Waals surface area contributed by atoms with Crippen LogP contribution >= 0.6 is 0 Å². The Morgan fingerprint density at radius 1 is 1.24 bits per heavy atom. The molecule has 0 fully saturated rings. The van der Waals surface area contributed by atoms with Crippen LogP contribution in [-0.2, 0) is 6.18 Å². The molecule has 0 aliphatic heterocycles. The summed E-state index contributed by atoms with van der Waals surface area (Å²) in [6.45, 7) is 0.609. The predicted octanol–water partition coefficient (Wildman–Crippen LogP) is 1.26. The van der Waals surface area contributed by atoms with Crippen LogP contribution in [0.4, 0.5) is 19.0 Å². The van der Waals surface area contributed by atoms with Crippen LogP contribution in [0.5, 0.6) is 0 Å². The molecular formula is C10H13F3N2O2. The van der Waals surface area contributed by atoms with Crippen LogP contribution in [-0.4, -0.2) is 33.9 Å². The van der Waals surface area contributed by atoms with E-state index in [9.17, 15) is 13.2 Å². The second-order valence-corrected chi connectivity index (χ2v) is 3.91. The van der Waals surface area contributed by atoms with Crippen molar-refractivity contribution in [3.8, 4) is 0 Å². The molecule has 3 N–H and O–H groups in total. The Balaban J connectivity index is 2.93. The lowest BCUT2D eigenvalue weighted by atomic mass is 10.1. The predicted molar refractivity (Wildman–Crippen MR) is 55.4 cm³/mol. The van der Waals surface area contributed by atoms with Gasteiger partial charge in [0.1, 0.15) is 11.5 Å². The summed E-state index contributed by atoms with van der Waals surface area (Å²) in [5, 5.41) is 20.6. The molecule has 17 heavy (non-hydrogen) atoms. The van der Waals surface area contributed by atoms with Crippen molar-refractivity contribution in [2.75, 3.05) is 18.5 Å². The number of aliphatic hydroxyl groups excluding tert-OH is 2. The zero-order valence-corrected chi connectivity index (χ0v) is 9.12. The first-order chi connectivity index (χ1) is 7.80. The number of aliphatic hydroxyl groups is 2. The third-order valence-corrected chi connectivity index (χ3v) is 2.17. The Bertz CT molecular complexity index is 378. The average Bonchev–Trinajstić information content (AvgIpc) is 2.28. The lowest BCUT2D eigenvalue weighted by Gasteiger charge is -2.27. The van der Waals surface area contributed by atoms with Crippen molar-refractivity contribution >= 4 is 5.82 Å². The fourth-order valence-electron chi connectivity index (χ4n) is 1.10. The third-order valence-electron chi connectivity index (χ3n) is 2.17. The summed E-state index contributed by atoms with van der Waals surface area (Å²) in [4.78, 5) is 3.37. The van der Waals surface area contributed by atoms with Crippen LogP contribution in [0, 0.1) is 0 Å². The Morgan fingerprint density at radius 2 is 1.82 bits per heavy atom. The minimum absolute atomic E-state index is 0.0505. The molecule has 0 amide bonds. The van der Waals surface area contributed by atoms with Gasteiger partial charge in [0.25, 0.3) is 0 Å². The number of hydrogen-bond acceptors (Lipinski definition) is 4. The van der Waals surface area contributed by atoms with E-state index in [1.165, 1.54) is 19.1 Å². The average molecular weight is 250 g/mol. The number of aromatic nitrogens is 1. The maximum atomic E-state index is 12.4. The van der Waals surface area contributed by atoms with Gasteiger partial charge >= 0.3 is 6.18 Å². The van der Waals surface area contributed by atoms with Gasteiger partial charge in [0.05, 0.1) is 18.8 Å². The molecule has 1 heterocycles. The molecule has 1 aromatic heterocycles. The summed E-state index contributed by atoms with van der Waals surface area (Å²) in [6.07, 6.45) is -4.52. The van der Waals surface area contributed by atoms with Gasteiger partial charge in [0, 0.05) is 0 Å². The molecule has 96 valence electrons. The highest BCUT2D eigenvalue weighted by Gasteiger charge is 2.33. The normalized spacial score (nSPS) is 12.6. The number of pyridine rings is 1. The third kappa shape index (κ3) is 3.57. The Labute approximate surface area is 96.1 Å². The highest BCUT2D eigenvalue weighted by atomic mass is 19.4. The van der Waals surface area contributed by atoms with E-state index in [1.54, 1.807) is 0 Å².